The molecule has 2 atom stereocenters. The number of amides is 1. The lowest BCUT2D eigenvalue weighted by Gasteiger charge is -2.24. The fourth-order valence-corrected chi connectivity index (χ4v) is 4.94. The first kappa shape index (κ1) is 18.0. The standard InChI is InChI=1S/C22H27ClN4O/c1-13-19-11-27(12-20(19)25-14(2)21(13)23)22(28)16-5-6-26(10-16)18-7-17(8-24-9-18)15-3-4-15/h7-9,14-16,25H,3-6,10-12H2,1-2H3. The number of rotatable bonds is 3. The largest absolute Gasteiger partial charge is 0.379 e. The number of carbonyl (C=O) groups is 1. The van der Waals surface area contributed by atoms with Crippen LogP contribution in [0.2, 0.25) is 0 Å². The highest BCUT2D eigenvalue weighted by atomic mass is 35.5. The van der Waals surface area contributed by atoms with Gasteiger partial charge in [-0.3, -0.25) is 9.78 Å². The van der Waals surface area contributed by atoms with Gasteiger partial charge in [-0.2, -0.15) is 0 Å². The van der Waals surface area contributed by atoms with E-state index in [1.54, 1.807) is 0 Å². The van der Waals surface area contributed by atoms with Gasteiger partial charge in [0, 0.05) is 36.6 Å². The third-order valence-corrected chi connectivity index (χ3v) is 7.26. The van der Waals surface area contributed by atoms with Crippen LogP contribution in [0.15, 0.2) is 40.3 Å². The summed E-state index contributed by atoms with van der Waals surface area (Å²) in [6.07, 6.45) is 7.41. The van der Waals surface area contributed by atoms with Crippen molar-refractivity contribution in [1.29, 1.82) is 0 Å². The number of halogens is 1. The summed E-state index contributed by atoms with van der Waals surface area (Å²) in [6.45, 7) is 7.20. The summed E-state index contributed by atoms with van der Waals surface area (Å²) >= 11 is 6.43. The summed E-state index contributed by atoms with van der Waals surface area (Å²) < 4.78 is 0. The molecule has 4 heterocycles. The van der Waals surface area contributed by atoms with Crippen LogP contribution in [0.1, 0.15) is 44.6 Å². The average Bonchev–Trinajstić information content (AvgIpc) is 3.28. The van der Waals surface area contributed by atoms with Gasteiger partial charge in [-0.25, -0.2) is 0 Å². The number of hydrogen-bond donors (Lipinski definition) is 1. The highest BCUT2D eigenvalue weighted by Crippen LogP contribution is 2.41. The van der Waals surface area contributed by atoms with Crippen LogP contribution in [-0.4, -0.2) is 48.0 Å². The van der Waals surface area contributed by atoms with Crippen molar-refractivity contribution in [1.82, 2.24) is 15.2 Å². The number of pyridine rings is 1. The molecular formula is C22H27ClN4O. The summed E-state index contributed by atoms with van der Waals surface area (Å²) in [4.78, 5) is 22.0. The minimum atomic E-state index is 0.0584. The van der Waals surface area contributed by atoms with E-state index < -0.39 is 0 Å². The molecule has 6 heteroatoms. The molecule has 1 N–H and O–H groups in total. The molecule has 0 spiro atoms. The molecule has 4 aliphatic rings. The van der Waals surface area contributed by atoms with Gasteiger partial charge in [0.2, 0.25) is 5.91 Å². The van der Waals surface area contributed by atoms with Crippen molar-refractivity contribution in [3.05, 3.63) is 45.9 Å². The second-order valence-corrected chi connectivity index (χ2v) is 9.08. The van der Waals surface area contributed by atoms with Gasteiger partial charge in [-0.05, 0) is 61.8 Å². The number of nitrogens with zero attached hydrogens (tertiary/aromatic N) is 3. The van der Waals surface area contributed by atoms with Crippen LogP contribution in [0.4, 0.5) is 5.69 Å². The summed E-state index contributed by atoms with van der Waals surface area (Å²) in [6, 6.07) is 2.40. The third-order valence-electron chi connectivity index (χ3n) is 6.65. The Morgan fingerprint density at radius 3 is 2.86 bits per heavy atom. The molecular weight excluding hydrogens is 372 g/mol. The number of hydrogen-bond acceptors (Lipinski definition) is 4. The van der Waals surface area contributed by atoms with E-state index in [4.69, 9.17) is 11.6 Å². The van der Waals surface area contributed by atoms with Crippen LogP contribution < -0.4 is 10.2 Å². The Labute approximate surface area is 171 Å². The molecule has 0 radical (unpaired) electrons. The van der Waals surface area contributed by atoms with Gasteiger partial charge in [0.15, 0.2) is 0 Å². The number of anilines is 1. The van der Waals surface area contributed by atoms with Crippen LogP contribution in [0, 0.1) is 5.92 Å². The Morgan fingerprint density at radius 2 is 2.07 bits per heavy atom. The first-order valence-electron chi connectivity index (χ1n) is 10.3. The molecule has 1 aromatic heterocycles. The second kappa shape index (κ2) is 6.80. The molecule has 1 aromatic rings. The Hall–Kier alpha value is -2.01. The number of carbonyl (C=O) groups excluding carboxylic acids is 1. The molecule has 1 saturated heterocycles. The van der Waals surface area contributed by atoms with E-state index in [9.17, 15) is 4.79 Å². The minimum Gasteiger partial charge on any atom is -0.379 e. The van der Waals surface area contributed by atoms with E-state index in [1.165, 1.54) is 35.4 Å². The highest BCUT2D eigenvalue weighted by Gasteiger charge is 2.37. The maximum absolute atomic E-state index is 13.2. The van der Waals surface area contributed by atoms with Crippen LogP contribution in [0.25, 0.3) is 0 Å². The third kappa shape index (κ3) is 3.10. The van der Waals surface area contributed by atoms with Crippen molar-refractivity contribution in [2.75, 3.05) is 31.1 Å². The number of dihydropyridines is 1. The monoisotopic (exact) mass is 398 g/mol. The van der Waals surface area contributed by atoms with Crippen LogP contribution in [0.3, 0.4) is 0 Å². The second-order valence-electron chi connectivity index (χ2n) is 8.67. The average molecular weight is 399 g/mol. The van der Waals surface area contributed by atoms with Gasteiger partial charge in [0.05, 0.1) is 30.4 Å². The smallest absolute Gasteiger partial charge is 0.228 e. The van der Waals surface area contributed by atoms with Crippen molar-refractivity contribution in [3.8, 4) is 0 Å². The summed E-state index contributed by atoms with van der Waals surface area (Å²) in [5.74, 6) is 1.03. The summed E-state index contributed by atoms with van der Waals surface area (Å²) in [5.41, 5.74) is 6.02. The Morgan fingerprint density at radius 1 is 1.25 bits per heavy atom. The van der Waals surface area contributed by atoms with Gasteiger partial charge in [-0.1, -0.05) is 11.6 Å². The van der Waals surface area contributed by atoms with E-state index in [1.807, 2.05) is 17.3 Å². The molecule has 3 aliphatic heterocycles. The van der Waals surface area contributed by atoms with Gasteiger partial charge in [0.25, 0.3) is 0 Å². The van der Waals surface area contributed by atoms with Crippen LogP contribution >= 0.6 is 11.6 Å². The van der Waals surface area contributed by atoms with Gasteiger partial charge in [0.1, 0.15) is 0 Å². The van der Waals surface area contributed by atoms with Crippen LogP contribution in [-0.2, 0) is 4.79 Å². The fourth-order valence-electron chi connectivity index (χ4n) is 4.77. The molecule has 5 nitrogen and oxygen atoms in total. The lowest BCUT2D eigenvalue weighted by Crippen LogP contribution is -2.37. The molecule has 2 fully saturated rings. The number of aromatic nitrogens is 1. The fraction of sp³-hybridized carbons (Fsp3) is 0.545. The molecule has 0 bridgehead atoms. The Kier molecular flexibility index (Phi) is 4.38. The van der Waals surface area contributed by atoms with Crippen molar-refractivity contribution in [2.45, 2.75) is 45.1 Å². The molecule has 148 valence electrons. The molecule has 5 rings (SSSR count). The predicted molar refractivity (Wildman–Crippen MR) is 111 cm³/mol. The normalized spacial score (nSPS) is 27.4. The maximum Gasteiger partial charge on any atom is 0.228 e. The summed E-state index contributed by atoms with van der Waals surface area (Å²) in [7, 11) is 0. The lowest BCUT2D eigenvalue weighted by atomic mass is 10.0. The zero-order chi connectivity index (χ0) is 19.4. The van der Waals surface area contributed by atoms with Gasteiger partial charge in [-0.15, -0.1) is 0 Å². The van der Waals surface area contributed by atoms with Crippen LogP contribution in [0.5, 0.6) is 0 Å². The lowest BCUT2D eigenvalue weighted by molar-refractivity contribution is -0.133. The van der Waals surface area contributed by atoms with E-state index in [0.29, 0.717) is 19.0 Å². The van der Waals surface area contributed by atoms with Crippen molar-refractivity contribution >= 4 is 23.2 Å². The molecule has 2 unspecified atom stereocenters. The summed E-state index contributed by atoms with van der Waals surface area (Å²) in [5, 5.41) is 4.33. The molecule has 1 saturated carbocycles. The topological polar surface area (TPSA) is 48.5 Å². The van der Waals surface area contributed by atoms with E-state index in [0.717, 1.165) is 30.1 Å². The zero-order valence-electron chi connectivity index (χ0n) is 16.5. The Bertz CT molecular complexity index is 888. The van der Waals surface area contributed by atoms with E-state index in [-0.39, 0.29) is 17.9 Å². The SMILES string of the molecule is CC1=C(Cl)C(C)NC2=C1CN(C(=O)C1CCN(c3cncc(C4CC4)c3)C1)C2. The van der Waals surface area contributed by atoms with Crippen molar-refractivity contribution in [2.24, 2.45) is 5.92 Å². The number of nitrogens with one attached hydrogen (secondary N) is 1. The Balaban J connectivity index is 1.25. The highest BCUT2D eigenvalue weighted by molar-refractivity contribution is 6.31. The molecule has 0 aromatic carbocycles. The maximum atomic E-state index is 13.2. The molecule has 28 heavy (non-hydrogen) atoms. The van der Waals surface area contributed by atoms with Crippen molar-refractivity contribution in [3.63, 3.8) is 0 Å². The predicted octanol–water partition coefficient (Wildman–Crippen LogP) is 3.39. The van der Waals surface area contributed by atoms with Gasteiger partial charge < -0.3 is 15.1 Å². The first-order chi connectivity index (χ1) is 13.5. The van der Waals surface area contributed by atoms with Crippen molar-refractivity contribution < 1.29 is 4.79 Å². The van der Waals surface area contributed by atoms with E-state index in [2.05, 4.69) is 35.1 Å². The van der Waals surface area contributed by atoms with Gasteiger partial charge >= 0.3 is 0 Å². The quantitative estimate of drug-likeness (QED) is 0.847. The molecule has 1 aliphatic carbocycles. The van der Waals surface area contributed by atoms with E-state index >= 15 is 0 Å². The first-order valence-corrected chi connectivity index (χ1v) is 10.7. The minimum absolute atomic E-state index is 0.0584. The molecule has 1 amide bonds. The zero-order valence-corrected chi connectivity index (χ0v) is 17.3.